The van der Waals surface area contributed by atoms with Gasteiger partial charge in [0.2, 0.25) is 17.2 Å². The number of halogens is 15. The average molecular weight is 597 g/mol. The summed E-state index contributed by atoms with van der Waals surface area (Å²) in [6.45, 7) is 3.03. The Kier molecular flexibility index (Phi) is 9.04. The number of ether oxygens (including phenoxy) is 5. The molecule has 0 amide bonds. The fourth-order valence-electron chi connectivity index (χ4n) is 2.99. The van der Waals surface area contributed by atoms with E-state index in [4.69, 9.17) is 0 Å². The monoisotopic (exact) mass is 597 g/mol. The van der Waals surface area contributed by atoms with Gasteiger partial charge in [-0.1, -0.05) is 20.8 Å². The van der Waals surface area contributed by atoms with Crippen LogP contribution in [0.5, 0.6) is 28.7 Å². The van der Waals surface area contributed by atoms with Crippen molar-refractivity contribution in [3.05, 3.63) is 5.56 Å². The Bertz CT molecular complexity index is 914. The van der Waals surface area contributed by atoms with Crippen LogP contribution in [0, 0.1) is 5.41 Å². The third-order valence-corrected chi connectivity index (χ3v) is 3.85. The van der Waals surface area contributed by atoms with Crippen LogP contribution in [0.1, 0.15) is 32.4 Å². The minimum absolute atomic E-state index is 0.777. The fraction of sp³-hybridized carbons (Fsp3) is 0.647. The molecule has 38 heavy (non-hydrogen) atoms. The molecular weight excluding hydrogens is 583 g/mol. The Labute approximate surface area is 201 Å². The first kappa shape index (κ1) is 33.2. The van der Waals surface area contributed by atoms with Crippen LogP contribution < -0.4 is 29.0 Å². The van der Waals surface area contributed by atoms with Crippen LogP contribution in [0.2, 0.25) is 0 Å². The van der Waals surface area contributed by atoms with Crippen LogP contribution in [0.3, 0.4) is 0 Å². The van der Waals surface area contributed by atoms with Crippen LogP contribution in [0.15, 0.2) is 0 Å². The summed E-state index contributed by atoms with van der Waals surface area (Å²) in [5.41, 5.74) is -3.68. The Morgan fingerprint density at radius 3 is 0.842 bits per heavy atom. The van der Waals surface area contributed by atoms with E-state index in [0.717, 1.165) is 27.8 Å². The summed E-state index contributed by atoms with van der Waals surface area (Å²) < 4.78 is 212. The molecule has 1 aromatic carbocycles. The van der Waals surface area contributed by atoms with Crippen molar-refractivity contribution < 1.29 is 89.5 Å². The van der Waals surface area contributed by atoms with Crippen molar-refractivity contribution in [2.75, 3.05) is 7.05 Å². The second-order valence-corrected chi connectivity index (χ2v) is 7.89. The van der Waals surface area contributed by atoms with Gasteiger partial charge in [-0.2, -0.15) is 0 Å². The lowest BCUT2D eigenvalue weighted by Crippen LogP contribution is -2.34. The van der Waals surface area contributed by atoms with Gasteiger partial charge in [0.15, 0.2) is 11.5 Å². The zero-order valence-corrected chi connectivity index (χ0v) is 18.8. The number of alkyl halides is 15. The van der Waals surface area contributed by atoms with Crippen molar-refractivity contribution in [2.24, 2.45) is 5.41 Å². The van der Waals surface area contributed by atoms with Crippen molar-refractivity contribution in [2.45, 2.75) is 58.6 Å². The first-order valence-electron chi connectivity index (χ1n) is 9.24. The zero-order chi connectivity index (χ0) is 30.3. The van der Waals surface area contributed by atoms with Gasteiger partial charge in [-0.25, -0.2) is 0 Å². The normalized spacial score (nSPS) is 14.7. The number of hydrogen-bond donors (Lipinski definition) is 1. The smallest absolute Gasteiger partial charge is 0.401 e. The maximum atomic E-state index is 13.2. The zero-order valence-electron chi connectivity index (χ0n) is 18.8. The van der Waals surface area contributed by atoms with Gasteiger partial charge in [0.25, 0.3) is 0 Å². The summed E-state index contributed by atoms with van der Waals surface area (Å²) in [6.07, 6.45) is -31.2. The van der Waals surface area contributed by atoms with Crippen molar-refractivity contribution in [1.82, 2.24) is 5.32 Å². The van der Waals surface area contributed by atoms with E-state index in [1.54, 1.807) is 0 Å². The number of rotatable bonds is 7. The minimum Gasteiger partial charge on any atom is -0.401 e. The fourth-order valence-corrected chi connectivity index (χ4v) is 2.99. The van der Waals surface area contributed by atoms with E-state index in [9.17, 15) is 65.9 Å². The molecule has 222 valence electrons. The quantitative estimate of drug-likeness (QED) is 0.329. The van der Waals surface area contributed by atoms with Gasteiger partial charge in [-0.3, -0.25) is 0 Å². The molecule has 0 bridgehead atoms. The molecule has 0 spiro atoms. The molecule has 1 atom stereocenters. The molecular formula is C17H14F15NO5. The average Bonchev–Trinajstić information content (AvgIpc) is 2.57. The van der Waals surface area contributed by atoms with Gasteiger partial charge in [-0.15, -0.1) is 65.9 Å². The van der Waals surface area contributed by atoms with E-state index in [0.29, 0.717) is 0 Å². The topological polar surface area (TPSA) is 58.2 Å². The molecule has 1 rings (SSSR count). The molecule has 0 fully saturated rings. The number of hydrogen-bond acceptors (Lipinski definition) is 6. The minimum atomic E-state index is -6.34. The molecule has 0 radical (unpaired) electrons. The third kappa shape index (κ3) is 10.1. The maximum Gasteiger partial charge on any atom is 0.573 e. The van der Waals surface area contributed by atoms with Gasteiger partial charge in [0, 0.05) is 6.04 Å². The summed E-state index contributed by atoms with van der Waals surface area (Å²) >= 11 is 0. The van der Waals surface area contributed by atoms with Crippen molar-refractivity contribution in [3.8, 4) is 28.7 Å². The van der Waals surface area contributed by atoms with E-state index in [1.807, 2.05) is 5.32 Å². The molecule has 0 saturated carbocycles. The van der Waals surface area contributed by atoms with E-state index in [-0.39, 0.29) is 0 Å². The largest absolute Gasteiger partial charge is 0.573 e. The molecule has 0 aliphatic carbocycles. The van der Waals surface area contributed by atoms with Crippen LogP contribution in [0.25, 0.3) is 0 Å². The maximum absolute atomic E-state index is 13.2. The number of nitrogens with one attached hydrogen (secondary N) is 1. The van der Waals surface area contributed by atoms with E-state index in [2.05, 4.69) is 23.7 Å². The summed E-state index contributed by atoms with van der Waals surface area (Å²) in [5.74, 6) is -14.1. The first-order chi connectivity index (χ1) is 16.5. The van der Waals surface area contributed by atoms with Crippen molar-refractivity contribution in [3.63, 3.8) is 0 Å². The molecule has 21 heteroatoms. The molecule has 0 aliphatic heterocycles. The lowest BCUT2D eigenvalue weighted by Gasteiger charge is -2.35. The van der Waals surface area contributed by atoms with Crippen LogP contribution in [-0.4, -0.2) is 38.9 Å². The van der Waals surface area contributed by atoms with E-state index >= 15 is 0 Å². The van der Waals surface area contributed by atoms with Crippen LogP contribution in [-0.2, 0) is 0 Å². The highest BCUT2D eigenvalue weighted by molar-refractivity contribution is 5.71. The van der Waals surface area contributed by atoms with Gasteiger partial charge in [-0.05, 0) is 12.5 Å². The predicted molar refractivity (Wildman–Crippen MR) is 91.1 cm³/mol. The predicted octanol–water partition coefficient (Wildman–Crippen LogP) is 7.49. The Balaban J connectivity index is 4.64. The van der Waals surface area contributed by atoms with Crippen molar-refractivity contribution >= 4 is 0 Å². The van der Waals surface area contributed by atoms with E-state index in [1.165, 1.54) is 0 Å². The molecule has 6 nitrogen and oxygen atoms in total. The SMILES string of the molecule is CNC(c1c(OC(F)(F)F)c(OC(F)(F)F)c(OC(F)(F)F)c(OC(F)(F)F)c1OC(F)(F)F)C(C)(C)C. The molecule has 0 saturated heterocycles. The first-order valence-corrected chi connectivity index (χ1v) is 9.24. The Morgan fingerprint density at radius 1 is 0.447 bits per heavy atom. The Hall–Kier alpha value is -2.87. The van der Waals surface area contributed by atoms with Gasteiger partial charge in [0.1, 0.15) is 0 Å². The Morgan fingerprint density at radius 2 is 0.658 bits per heavy atom. The third-order valence-electron chi connectivity index (χ3n) is 3.85. The lowest BCUT2D eigenvalue weighted by molar-refractivity contribution is -0.300. The van der Waals surface area contributed by atoms with Gasteiger partial charge in [0.05, 0.1) is 5.56 Å². The molecule has 0 aromatic heterocycles. The highest BCUT2D eigenvalue weighted by Crippen LogP contribution is 2.61. The molecule has 1 N–H and O–H groups in total. The standard InChI is InChI=1S/C17H14F15NO5/c1-12(2,3)11(33-4)5-6(34-13(18,19)20)8(36-15(24,25)26)10(38-17(30,31)32)9(37-16(27,28)29)7(5)35-14(21,22)23/h11,33H,1-4H3. The lowest BCUT2D eigenvalue weighted by atomic mass is 9.81. The second kappa shape index (κ2) is 10.4. The highest BCUT2D eigenvalue weighted by atomic mass is 19.4. The highest BCUT2D eigenvalue weighted by Gasteiger charge is 2.51. The van der Waals surface area contributed by atoms with Crippen LogP contribution in [0.4, 0.5) is 65.9 Å². The van der Waals surface area contributed by atoms with E-state index < -0.39 is 77.6 Å². The van der Waals surface area contributed by atoms with Gasteiger partial charge >= 0.3 is 31.8 Å². The summed E-state index contributed by atoms with van der Waals surface area (Å²) in [7, 11) is 0.777. The molecule has 0 aliphatic rings. The molecule has 1 unspecified atom stereocenters. The van der Waals surface area contributed by atoms with Crippen LogP contribution >= 0.6 is 0 Å². The molecule has 0 heterocycles. The summed E-state index contributed by atoms with van der Waals surface area (Å²) in [5, 5.41) is 2.03. The second-order valence-electron chi connectivity index (χ2n) is 7.89. The molecule has 1 aromatic rings. The summed E-state index contributed by atoms with van der Waals surface area (Å²) in [4.78, 5) is 0. The number of benzene rings is 1. The summed E-state index contributed by atoms with van der Waals surface area (Å²) in [6, 6.07) is -2.18. The van der Waals surface area contributed by atoms with Crippen molar-refractivity contribution in [1.29, 1.82) is 0 Å². The van der Waals surface area contributed by atoms with Gasteiger partial charge < -0.3 is 29.0 Å².